The van der Waals surface area contributed by atoms with E-state index in [-0.39, 0.29) is 37.4 Å². The molecule has 0 unspecified atom stereocenters. The van der Waals surface area contributed by atoms with Crippen LogP contribution in [0, 0.1) is 6.92 Å². The van der Waals surface area contributed by atoms with Crippen molar-refractivity contribution < 1.29 is 19.1 Å². The maximum absolute atomic E-state index is 13.1. The van der Waals surface area contributed by atoms with Crippen LogP contribution in [0.2, 0.25) is 5.02 Å². The van der Waals surface area contributed by atoms with E-state index in [4.69, 9.17) is 16.3 Å². The minimum atomic E-state index is -0.310. The van der Waals surface area contributed by atoms with Crippen LogP contribution >= 0.6 is 11.6 Å². The molecule has 10 heteroatoms. The summed E-state index contributed by atoms with van der Waals surface area (Å²) in [5.74, 6) is -0.454. The lowest BCUT2D eigenvalue weighted by atomic mass is 10.1. The van der Waals surface area contributed by atoms with Crippen molar-refractivity contribution >= 4 is 46.6 Å². The number of amides is 3. The van der Waals surface area contributed by atoms with Crippen molar-refractivity contribution in [3.8, 4) is 0 Å². The van der Waals surface area contributed by atoms with Crippen LogP contribution < -0.4 is 15.5 Å². The number of ether oxygens (including phenoxy) is 1. The van der Waals surface area contributed by atoms with Crippen LogP contribution in [0.15, 0.2) is 66.7 Å². The summed E-state index contributed by atoms with van der Waals surface area (Å²) >= 11 is 6.65. The molecule has 244 valence electrons. The van der Waals surface area contributed by atoms with Crippen molar-refractivity contribution in [2.75, 3.05) is 54.8 Å². The third kappa shape index (κ3) is 9.71. The molecule has 46 heavy (non-hydrogen) atoms. The first kappa shape index (κ1) is 33.3. The normalized spacial score (nSPS) is 15.3. The molecule has 0 bridgehead atoms. The summed E-state index contributed by atoms with van der Waals surface area (Å²) in [6.07, 6.45) is 4.65. The molecule has 2 fully saturated rings. The molecule has 0 aliphatic carbocycles. The Morgan fingerprint density at radius 1 is 0.804 bits per heavy atom. The third-order valence-electron chi connectivity index (χ3n) is 8.54. The molecule has 0 spiro atoms. The van der Waals surface area contributed by atoms with E-state index in [1.54, 1.807) is 0 Å². The van der Waals surface area contributed by atoms with Gasteiger partial charge in [-0.3, -0.25) is 14.5 Å². The highest BCUT2D eigenvalue weighted by atomic mass is 35.5. The molecule has 0 saturated carbocycles. The zero-order valence-corrected chi connectivity index (χ0v) is 27.4. The molecule has 0 atom stereocenters. The van der Waals surface area contributed by atoms with Gasteiger partial charge in [-0.25, -0.2) is 4.79 Å². The summed E-state index contributed by atoms with van der Waals surface area (Å²) in [6.45, 7) is 7.93. The number of esters is 1. The summed E-state index contributed by atoms with van der Waals surface area (Å²) in [6, 6.07) is 21.2. The fourth-order valence-corrected chi connectivity index (χ4v) is 6.31. The average molecular weight is 646 g/mol. The van der Waals surface area contributed by atoms with Gasteiger partial charge in [0, 0.05) is 56.9 Å². The average Bonchev–Trinajstić information content (AvgIpc) is 3.07. The predicted molar refractivity (Wildman–Crippen MR) is 183 cm³/mol. The number of benzene rings is 3. The lowest BCUT2D eigenvalue weighted by Gasteiger charge is -2.36. The van der Waals surface area contributed by atoms with E-state index in [2.05, 4.69) is 26.5 Å². The second-order valence-electron chi connectivity index (χ2n) is 12.1. The van der Waals surface area contributed by atoms with Gasteiger partial charge >= 0.3 is 12.0 Å². The number of urea groups is 1. The van der Waals surface area contributed by atoms with Gasteiger partial charge in [0.05, 0.1) is 10.7 Å². The summed E-state index contributed by atoms with van der Waals surface area (Å²) in [4.78, 5) is 44.0. The minimum absolute atomic E-state index is 0.143. The molecule has 2 heterocycles. The van der Waals surface area contributed by atoms with Crippen LogP contribution in [0.1, 0.15) is 55.2 Å². The fraction of sp³-hybridized carbons (Fsp3) is 0.417. The highest BCUT2D eigenvalue weighted by Crippen LogP contribution is 2.29. The standard InChI is InChI=1S/C36H44ClN5O4/c1-27-23-29(25-40-17-6-3-7-18-40)24-32(37)35(27)39-36(45)42-21-19-41(20-22-42)31-15-13-30(14-16-31)38-33(43)11-8-12-34(44)46-26-28-9-4-2-5-10-28/h2,4-5,9-10,13-16,23-24H,3,6-8,11-12,17-22,25-26H2,1H3,(H,38,43)(H,39,45). The third-order valence-corrected chi connectivity index (χ3v) is 8.84. The molecule has 0 aromatic heterocycles. The first-order valence-electron chi connectivity index (χ1n) is 16.3. The van der Waals surface area contributed by atoms with Gasteiger partial charge in [0.25, 0.3) is 0 Å². The van der Waals surface area contributed by atoms with Gasteiger partial charge in [-0.1, -0.05) is 54.4 Å². The summed E-state index contributed by atoms with van der Waals surface area (Å²) < 4.78 is 5.27. The van der Waals surface area contributed by atoms with Crippen molar-refractivity contribution in [2.24, 2.45) is 0 Å². The molecule has 2 aliphatic heterocycles. The largest absolute Gasteiger partial charge is 0.461 e. The zero-order valence-electron chi connectivity index (χ0n) is 26.6. The molecule has 0 radical (unpaired) electrons. The van der Waals surface area contributed by atoms with E-state index in [0.717, 1.165) is 36.4 Å². The fourth-order valence-electron chi connectivity index (χ4n) is 5.98. The molecule has 2 aliphatic rings. The van der Waals surface area contributed by atoms with Gasteiger partial charge in [0.1, 0.15) is 6.61 Å². The minimum Gasteiger partial charge on any atom is -0.461 e. The van der Waals surface area contributed by atoms with Crippen LogP contribution in [0.5, 0.6) is 0 Å². The van der Waals surface area contributed by atoms with Crippen LogP contribution in [-0.4, -0.2) is 67.0 Å². The van der Waals surface area contributed by atoms with E-state index in [1.807, 2.05) is 72.5 Å². The SMILES string of the molecule is Cc1cc(CN2CCCCC2)cc(Cl)c1NC(=O)N1CCN(c2ccc(NC(=O)CCCC(=O)OCc3ccccc3)cc2)CC1. The van der Waals surface area contributed by atoms with Gasteiger partial charge in [-0.15, -0.1) is 0 Å². The number of halogens is 1. The lowest BCUT2D eigenvalue weighted by Crippen LogP contribution is -2.50. The van der Waals surface area contributed by atoms with Crippen molar-refractivity contribution in [3.63, 3.8) is 0 Å². The Morgan fingerprint density at radius 3 is 2.22 bits per heavy atom. The smallest absolute Gasteiger partial charge is 0.322 e. The number of likely N-dealkylation sites (tertiary alicyclic amines) is 1. The van der Waals surface area contributed by atoms with Gasteiger partial charge in [0.2, 0.25) is 5.91 Å². The number of piperidine rings is 1. The number of anilines is 3. The Hall–Kier alpha value is -4.08. The van der Waals surface area contributed by atoms with E-state index < -0.39 is 0 Å². The van der Waals surface area contributed by atoms with Crippen LogP contribution in [0.25, 0.3) is 0 Å². The van der Waals surface area contributed by atoms with Crippen LogP contribution in [0.3, 0.4) is 0 Å². The van der Waals surface area contributed by atoms with E-state index in [0.29, 0.717) is 49.0 Å². The number of piperazine rings is 1. The Kier molecular flexibility index (Phi) is 11.9. The van der Waals surface area contributed by atoms with Gasteiger partial charge in [0.15, 0.2) is 0 Å². The molecule has 2 N–H and O–H groups in total. The van der Waals surface area contributed by atoms with Gasteiger partial charge < -0.3 is 25.2 Å². The maximum Gasteiger partial charge on any atom is 0.322 e. The number of hydrogen-bond donors (Lipinski definition) is 2. The number of nitrogens with zero attached hydrogens (tertiary/aromatic N) is 3. The van der Waals surface area contributed by atoms with E-state index in [9.17, 15) is 14.4 Å². The van der Waals surface area contributed by atoms with Crippen molar-refractivity contribution in [1.29, 1.82) is 0 Å². The summed E-state index contributed by atoms with van der Waals surface area (Å²) in [7, 11) is 0. The second-order valence-corrected chi connectivity index (χ2v) is 12.5. The summed E-state index contributed by atoms with van der Waals surface area (Å²) in [5.41, 5.74) is 5.50. The molecular formula is C36H44ClN5O4. The molecule has 2 saturated heterocycles. The van der Waals surface area contributed by atoms with Crippen molar-refractivity contribution in [2.45, 2.75) is 58.6 Å². The van der Waals surface area contributed by atoms with Crippen molar-refractivity contribution in [1.82, 2.24) is 9.80 Å². The number of nitrogens with one attached hydrogen (secondary N) is 2. The number of rotatable bonds is 11. The van der Waals surface area contributed by atoms with E-state index in [1.165, 1.54) is 24.8 Å². The number of aryl methyl sites for hydroxylation is 1. The predicted octanol–water partition coefficient (Wildman–Crippen LogP) is 6.84. The number of hydrogen-bond acceptors (Lipinski definition) is 6. The number of carbonyl (C=O) groups excluding carboxylic acids is 3. The molecule has 5 rings (SSSR count). The van der Waals surface area contributed by atoms with Gasteiger partial charge in [-0.2, -0.15) is 0 Å². The monoisotopic (exact) mass is 645 g/mol. The van der Waals surface area contributed by atoms with Gasteiger partial charge in [-0.05, 0) is 86.3 Å². The highest BCUT2D eigenvalue weighted by molar-refractivity contribution is 6.34. The lowest BCUT2D eigenvalue weighted by molar-refractivity contribution is -0.145. The highest BCUT2D eigenvalue weighted by Gasteiger charge is 2.23. The van der Waals surface area contributed by atoms with Crippen molar-refractivity contribution in [3.05, 3.63) is 88.4 Å². The number of carbonyl (C=O) groups is 3. The van der Waals surface area contributed by atoms with E-state index >= 15 is 0 Å². The maximum atomic E-state index is 13.1. The quantitative estimate of drug-likeness (QED) is 0.222. The Balaban J connectivity index is 1.02. The molecule has 3 aromatic rings. The van der Waals surface area contributed by atoms with Crippen LogP contribution in [0.4, 0.5) is 21.9 Å². The Labute approximate surface area is 276 Å². The van der Waals surface area contributed by atoms with Crippen LogP contribution in [-0.2, 0) is 27.5 Å². The Morgan fingerprint density at radius 2 is 1.52 bits per heavy atom. The zero-order chi connectivity index (χ0) is 32.3. The summed E-state index contributed by atoms with van der Waals surface area (Å²) in [5, 5.41) is 6.52. The Bertz CT molecular complexity index is 1450. The topological polar surface area (TPSA) is 94.2 Å². The second kappa shape index (κ2) is 16.5. The molecule has 3 aromatic carbocycles. The molecule has 9 nitrogen and oxygen atoms in total. The first-order valence-corrected chi connectivity index (χ1v) is 16.6. The first-order chi connectivity index (χ1) is 22.3. The molecular weight excluding hydrogens is 602 g/mol. The molecule has 3 amide bonds.